The molecule has 6 nitrogen and oxygen atoms in total. The van der Waals surface area contributed by atoms with Crippen molar-refractivity contribution in [1.29, 1.82) is 0 Å². The van der Waals surface area contributed by atoms with E-state index >= 15 is 0 Å². The lowest BCUT2D eigenvalue weighted by molar-refractivity contribution is -0.139. The molecule has 1 fully saturated rings. The molecule has 1 aliphatic carbocycles. The van der Waals surface area contributed by atoms with Crippen LogP contribution in [0.2, 0.25) is 0 Å². The van der Waals surface area contributed by atoms with Crippen molar-refractivity contribution in [2.45, 2.75) is 19.3 Å². The van der Waals surface area contributed by atoms with E-state index in [4.69, 9.17) is 4.98 Å². The van der Waals surface area contributed by atoms with Gasteiger partial charge in [-0.05, 0) is 31.4 Å². The van der Waals surface area contributed by atoms with Crippen molar-refractivity contribution >= 4 is 23.7 Å². The molecule has 2 aliphatic rings. The van der Waals surface area contributed by atoms with Crippen LogP contribution in [-0.2, 0) is 22.4 Å². The minimum Gasteiger partial charge on any atom is -0.342 e. The Balaban J connectivity index is 1.45. The third kappa shape index (κ3) is 3.28. The third-order valence-corrected chi connectivity index (χ3v) is 6.16. The molecule has 1 atom stereocenters. The summed E-state index contributed by atoms with van der Waals surface area (Å²) >= 11 is 1.70. The molecule has 0 spiro atoms. The molecule has 0 saturated carbocycles. The van der Waals surface area contributed by atoms with Gasteiger partial charge in [0.2, 0.25) is 12.3 Å². The zero-order valence-electron chi connectivity index (χ0n) is 13.9. The van der Waals surface area contributed by atoms with E-state index in [1.807, 2.05) is 17.0 Å². The number of nitrogens with zero attached hydrogens (tertiary/aromatic N) is 4. The molecule has 130 valence electrons. The first-order valence-corrected chi connectivity index (χ1v) is 9.43. The number of pyridine rings is 1. The monoisotopic (exact) mass is 356 g/mol. The first kappa shape index (κ1) is 16.2. The SMILES string of the molecule is O=CN1CCN(C(=O)C2CCc3nc(-c4ccncc4)sc3C2)CC1. The van der Waals surface area contributed by atoms with Crippen LogP contribution < -0.4 is 0 Å². The van der Waals surface area contributed by atoms with Gasteiger partial charge in [-0.2, -0.15) is 0 Å². The molecule has 2 aromatic heterocycles. The van der Waals surface area contributed by atoms with Crippen LogP contribution in [0.3, 0.4) is 0 Å². The highest BCUT2D eigenvalue weighted by Crippen LogP contribution is 2.35. The van der Waals surface area contributed by atoms with Crippen molar-refractivity contribution < 1.29 is 9.59 Å². The third-order valence-electron chi connectivity index (χ3n) is 4.99. The van der Waals surface area contributed by atoms with Crippen LogP contribution in [0.25, 0.3) is 10.6 Å². The van der Waals surface area contributed by atoms with Crippen molar-refractivity contribution in [3.63, 3.8) is 0 Å². The van der Waals surface area contributed by atoms with Gasteiger partial charge in [0.25, 0.3) is 0 Å². The lowest BCUT2D eigenvalue weighted by atomic mass is 9.90. The van der Waals surface area contributed by atoms with Gasteiger partial charge >= 0.3 is 0 Å². The molecular weight excluding hydrogens is 336 g/mol. The van der Waals surface area contributed by atoms with E-state index in [1.165, 1.54) is 4.88 Å². The van der Waals surface area contributed by atoms with E-state index in [1.54, 1.807) is 28.6 Å². The number of aryl methyl sites for hydroxylation is 1. The van der Waals surface area contributed by atoms with Gasteiger partial charge in [-0.3, -0.25) is 14.6 Å². The predicted octanol–water partition coefficient (Wildman–Crippen LogP) is 1.61. The van der Waals surface area contributed by atoms with Crippen LogP contribution in [0, 0.1) is 5.92 Å². The molecule has 1 aliphatic heterocycles. The highest BCUT2D eigenvalue weighted by Gasteiger charge is 2.31. The standard InChI is InChI=1S/C18H20N4O2S/c23-12-21-7-9-22(10-8-21)18(24)14-1-2-15-16(11-14)25-17(20-15)13-3-5-19-6-4-13/h3-6,12,14H,1-2,7-11H2. The molecule has 0 aromatic carbocycles. The summed E-state index contributed by atoms with van der Waals surface area (Å²) in [4.78, 5) is 37.3. The predicted molar refractivity (Wildman–Crippen MR) is 95.1 cm³/mol. The topological polar surface area (TPSA) is 66.4 Å². The molecule has 0 N–H and O–H groups in total. The van der Waals surface area contributed by atoms with Gasteiger partial charge in [-0.15, -0.1) is 11.3 Å². The number of aromatic nitrogens is 2. The number of piperazine rings is 1. The number of fused-ring (bicyclic) bond motifs is 1. The van der Waals surface area contributed by atoms with Gasteiger partial charge in [-0.25, -0.2) is 4.98 Å². The Morgan fingerprint density at radius 2 is 1.96 bits per heavy atom. The summed E-state index contributed by atoms with van der Waals surface area (Å²) < 4.78 is 0. The highest BCUT2D eigenvalue weighted by molar-refractivity contribution is 7.15. The average Bonchev–Trinajstić information content (AvgIpc) is 3.11. The summed E-state index contributed by atoms with van der Waals surface area (Å²) in [6.45, 7) is 2.57. The van der Waals surface area contributed by atoms with Gasteiger partial charge < -0.3 is 9.80 Å². The van der Waals surface area contributed by atoms with Crippen molar-refractivity contribution in [2.75, 3.05) is 26.2 Å². The second kappa shape index (κ2) is 6.92. The first-order valence-electron chi connectivity index (χ1n) is 8.61. The van der Waals surface area contributed by atoms with Gasteiger partial charge in [0.15, 0.2) is 0 Å². The molecule has 3 heterocycles. The van der Waals surface area contributed by atoms with Crippen molar-refractivity contribution in [1.82, 2.24) is 19.8 Å². The van der Waals surface area contributed by atoms with Gasteiger partial charge in [0.05, 0.1) is 5.69 Å². The van der Waals surface area contributed by atoms with E-state index < -0.39 is 0 Å². The highest BCUT2D eigenvalue weighted by atomic mass is 32.1. The molecule has 4 rings (SSSR count). The normalized spacial score (nSPS) is 20.2. The fourth-order valence-corrected chi connectivity index (χ4v) is 4.70. The van der Waals surface area contributed by atoms with Crippen molar-refractivity contribution in [3.05, 3.63) is 35.1 Å². The van der Waals surface area contributed by atoms with E-state index in [2.05, 4.69) is 4.98 Å². The molecule has 25 heavy (non-hydrogen) atoms. The molecule has 1 unspecified atom stereocenters. The lowest BCUT2D eigenvalue weighted by Gasteiger charge is -2.35. The molecule has 0 bridgehead atoms. The summed E-state index contributed by atoms with van der Waals surface area (Å²) in [6, 6.07) is 3.94. The number of carbonyl (C=O) groups is 2. The van der Waals surface area contributed by atoms with Crippen LogP contribution in [0.4, 0.5) is 0 Å². The maximum absolute atomic E-state index is 12.8. The summed E-state index contributed by atoms with van der Waals surface area (Å²) in [7, 11) is 0. The lowest BCUT2D eigenvalue weighted by Crippen LogP contribution is -2.50. The fraction of sp³-hybridized carbons (Fsp3) is 0.444. The fourth-order valence-electron chi connectivity index (χ4n) is 3.51. The van der Waals surface area contributed by atoms with Crippen LogP contribution in [0.5, 0.6) is 0 Å². The molecule has 7 heteroatoms. The largest absolute Gasteiger partial charge is 0.342 e. The Bertz CT molecular complexity index is 769. The second-order valence-corrected chi connectivity index (χ2v) is 7.61. The molecule has 0 radical (unpaired) electrons. The Kier molecular flexibility index (Phi) is 4.48. The zero-order chi connectivity index (χ0) is 17.2. The van der Waals surface area contributed by atoms with Crippen molar-refractivity contribution in [2.24, 2.45) is 5.92 Å². The number of carbonyl (C=O) groups excluding carboxylic acids is 2. The van der Waals surface area contributed by atoms with Gasteiger partial charge in [0.1, 0.15) is 5.01 Å². The zero-order valence-corrected chi connectivity index (χ0v) is 14.7. The minimum absolute atomic E-state index is 0.0426. The number of hydrogen-bond donors (Lipinski definition) is 0. The van der Waals surface area contributed by atoms with Crippen LogP contribution in [0.15, 0.2) is 24.5 Å². The number of amides is 2. The smallest absolute Gasteiger partial charge is 0.226 e. The first-order chi connectivity index (χ1) is 12.2. The molecule has 2 aromatic rings. The Labute approximate surface area is 150 Å². The van der Waals surface area contributed by atoms with E-state index in [0.29, 0.717) is 26.2 Å². The Morgan fingerprint density at radius 3 is 2.68 bits per heavy atom. The van der Waals surface area contributed by atoms with E-state index in [0.717, 1.165) is 41.9 Å². The molecular formula is C18H20N4O2S. The number of rotatable bonds is 3. The van der Waals surface area contributed by atoms with Crippen LogP contribution in [0.1, 0.15) is 17.0 Å². The second-order valence-electron chi connectivity index (χ2n) is 6.53. The molecule has 2 amide bonds. The minimum atomic E-state index is 0.0426. The van der Waals surface area contributed by atoms with Gasteiger partial charge in [-0.1, -0.05) is 0 Å². The molecule has 1 saturated heterocycles. The van der Waals surface area contributed by atoms with Crippen LogP contribution >= 0.6 is 11.3 Å². The van der Waals surface area contributed by atoms with Crippen molar-refractivity contribution in [3.8, 4) is 10.6 Å². The maximum Gasteiger partial charge on any atom is 0.226 e. The maximum atomic E-state index is 12.8. The average molecular weight is 356 g/mol. The summed E-state index contributed by atoms with van der Waals surface area (Å²) in [5.74, 6) is 0.274. The summed E-state index contributed by atoms with van der Waals surface area (Å²) in [5, 5.41) is 1.01. The Morgan fingerprint density at radius 1 is 1.20 bits per heavy atom. The Hall–Kier alpha value is -2.28. The van der Waals surface area contributed by atoms with Crippen LogP contribution in [-0.4, -0.2) is 58.3 Å². The van der Waals surface area contributed by atoms with E-state index in [-0.39, 0.29) is 11.8 Å². The number of hydrogen-bond acceptors (Lipinski definition) is 5. The quantitative estimate of drug-likeness (QED) is 0.784. The van der Waals surface area contributed by atoms with Gasteiger partial charge in [0, 0.05) is 54.9 Å². The number of thiazole rings is 1. The summed E-state index contributed by atoms with van der Waals surface area (Å²) in [6.07, 6.45) is 6.93. The summed E-state index contributed by atoms with van der Waals surface area (Å²) in [5.41, 5.74) is 2.23. The van der Waals surface area contributed by atoms with E-state index in [9.17, 15) is 9.59 Å².